The summed E-state index contributed by atoms with van der Waals surface area (Å²) in [4.78, 5) is 13.9. The average molecular weight is 403 g/mol. The molecule has 2 aromatic rings. The van der Waals surface area contributed by atoms with E-state index in [9.17, 15) is 0 Å². The largest absolute Gasteiger partial charge is 0.356 e. The van der Waals surface area contributed by atoms with Crippen molar-refractivity contribution in [1.29, 1.82) is 0 Å². The Hall–Kier alpha value is -2.12. The maximum absolute atomic E-state index is 6.03. The summed E-state index contributed by atoms with van der Waals surface area (Å²) in [5.41, 5.74) is 0.858. The van der Waals surface area contributed by atoms with Gasteiger partial charge in [-0.3, -0.25) is 9.89 Å². The van der Waals surface area contributed by atoms with Crippen LogP contribution in [0.3, 0.4) is 0 Å². The fourth-order valence-electron chi connectivity index (χ4n) is 4.05. The maximum Gasteiger partial charge on any atom is 0.228 e. The summed E-state index contributed by atoms with van der Waals surface area (Å²) in [6.07, 6.45) is 4.54. The standard InChI is InChI=1S/C20H27ClN6O/c1-22-20(27-12-8-17(14-27)26-10-2-3-11-26)23-9-7-18-24-19(25-28-18)15-5-4-6-16(21)13-15/h4-6,13,17H,2-3,7-12,14H2,1H3,(H,22,23). The molecule has 1 aromatic heterocycles. The van der Waals surface area contributed by atoms with Crippen LogP contribution in [-0.2, 0) is 6.42 Å². The molecule has 1 atom stereocenters. The quantitative estimate of drug-likeness (QED) is 0.612. The summed E-state index contributed by atoms with van der Waals surface area (Å²) in [6.45, 7) is 5.31. The van der Waals surface area contributed by atoms with Gasteiger partial charge in [-0.2, -0.15) is 4.98 Å². The van der Waals surface area contributed by atoms with Crippen molar-refractivity contribution < 1.29 is 4.52 Å². The lowest BCUT2D eigenvalue weighted by Gasteiger charge is -2.25. The molecule has 1 N–H and O–H groups in total. The SMILES string of the molecule is CN=C(NCCc1nc(-c2cccc(Cl)c2)no1)N1CCC(N2CCCC2)C1. The van der Waals surface area contributed by atoms with Gasteiger partial charge in [-0.25, -0.2) is 0 Å². The fraction of sp³-hybridized carbons (Fsp3) is 0.550. The lowest BCUT2D eigenvalue weighted by Crippen LogP contribution is -2.43. The topological polar surface area (TPSA) is 69.8 Å². The van der Waals surface area contributed by atoms with Gasteiger partial charge in [0.15, 0.2) is 5.96 Å². The molecule has 0 bridgehead atoms. The zero-order valence-electron chi connectivity index (χ0n) is 16.3. The van der Waals surface area contributed by atoms with Crippen molar-refractivity contribution >= 4 is 17.6 Å². The van der Waals surface area contributed by atoms with Crippen molar-refractivity contribution in [1.82, 2.24) is 25.3 Å². The number of benzene rings is 1. The Morgan fingerprint density at radius 2 is 2.18 bits per heavy atom. The van der Waals surface area contributed by atoms with Gasteiger partial charge >= 0.3 is 0 Å². The zero-order chi connectivity index (χ0) is 19.3. The Labute approximate surface area is 170 Å². The van der Waals surface area contributed by atoms with Gasteiger partial charge in [0.1, 0.15) is 0 Å². The van der Waals surface area contributed by atoms with Crippen molar-refractivity contribution in [3.8, 4) is 11.4 Å². The minimum absolute atomic E-state index is 0.565. The summed E-state index contributed by atoms with van der Waals surface area (Å²) in [5, 5.41) is 8.16. The number of nitrogens with zero attached hydrogens (tertiary/aromatic N) is 5. The number of likely N-dealkylation sites (tertiary alicyclic amines) is 2. The molecule has 0 amide bonds. The van der Waals surface area contributed by atoms with Gasteiger partial charge in [0.2, 0.25) is 11.7 Å². The van der Waals surface area contributed by atoms with E-state index in [0.29, 0.717) is 35.7 Å². The third-order valence-corrected chi connectivity index (χ3v) is 5.74. The third kappa shape index (κ3) is 4.47. The normalized spacial score (nSPS) is 20.9. The van der Waals surface area contributed by atoms with Crippen molar-refractivity contribution in [3.63, 3.8) is 0 Å². The molecule has 0 aliphatic carbocycles. The maximum atomic E-state index is 6.03. The molecule has 1 aromatic carbocycles. The Kier molecular flexibility index (Phi) is 6.12. The van der Waals surface area contributed by atoms with E-state index < -0.39 is 0 Å². The second-order valence-electron chi connectivity index (χ2n) is 7.38. The van der Waals surface area contributed by atoms with Gasteiger partial charge in [-0.1, -0.05) is 28.9 Å². The molecule has 8 heteroatoms. The van der Waals surface area contributed by atoms with Gasteiger partial charge in [0, 0.05) is 49.7 Å². The molecule has 2 saturated heterocycles. The Morgan fingerprint density at radius 1 is 1.32 bits per heavy atom. The number of nitrogens with one attached hydrogen (secondary N) is 1. The van der Waals surface area contributed by atoms with Crippen molar-refractivity contribution in [2.75, 3.05) is 39.8 Å². The van der Waals surface area contributed by atoms with Crippen LogP contribution in [0.25, 0.3) is 11.4 Å². The molecular formula is C20H27ClN6O. The van der Waals surface area contributed by atoms with Crippen LogP contribution in [0.15, 0.2) is 33.8 Å². The molecule has 0 spiro atoms. The Bertz CT molecular complexity index is 817. The monoisotopic (exact) mass is 402 g/mol. The highest BCUT2D eigenvalue weighted by molar-refractivity contribution is 6.30. The number of guanidine groups is 1. The van der Waals surface area contributed by atoms with Crippen LogP contribution in [0.2, 0.25) is 5.02 Å². The van der Waals surface area contributed by atoms with Gasteiger partial charge in [-0.15, -0.1) is 0 Å². The molecule has 4 rings (SSSR count). The molecule has 0 radical (unpaired) electrons. The summed E-state index contributed by atoms with van der Waals surface area (Å²) in [6, 6.07) is 8.13. The molecule has 7 nitrogen and oxygen atoms in total. The average Bonchev–Trinajstić information content (AvgIpc) is 3.46. The first-order valence-corrected chi connectivity index (χ1v) is 10.4. The van der Waals surface area contributed by atoms with E-state index in [1.165, 1.54) is 32.4 Å². The van der Waals surface area contributed by atoms with Gasteiger partial charge < -0.3 is 14.7 Å². The van der Waals surface area contributed by atoms with Crippen LogP contribution in [0.1, 0.15) is 25.2 Å². The first-order chi connectivity index (χ1) is 13.7. The number of aliphatic imine (C=N–C) groups is 1. The summed E-state index contributed by atoms with van der Waals surface area (Å²) < 4.78 is 5.38. The molecular weight excluding hydrogens is 376 g/mol. The van der Waals surface area contributed by atoms with E-state index in [1.54, 1.807) is 0 Å². The van der Waals surface area contributed by atoms with Crippen LogP contribution in [0.4, 0.5) is 0 Å². The van der Waals surface area contributed by atoms with E-state index >= 15 is 0 Å². The molecule has 2 fully saturated rings. The highest BCUT2D eigenvalue weighted by Gasteiger charge is 2.30. The molecule has 3 heterocycles. The number of hydrogen-bond acceptors (Lipinski definition) is 5. The van der Waals surface area contributed by atoms with Crippen LogP contribution in [-0.4, -0.2) is 71.7 Å². The van der Waals surface area contributed by atoms with Gasteiger partial charge in [0.25, 0.3) is 0 Å². The van der Waals surface area contributed by atoms with Crippen LogP contribution >= 0.6 is 11.6 Å². The lowest BCUT2D eigenvalue weighted by atomic mass is 10.2. The van der Waals surface area contributed by atoms with Crippen LogP contribution in [0.5, 0.6) is 0 Å². The Morgan fingerprint density at radius 3 is 2.96 bits per heavy atom. The number of hydrogen-bond donors (Lipinski definition) is 1. The van der Waals surface area contributed by atoms with Crippen molar-refractivity contribution in [2.24, 2.45) is 4.99 Å². The lowest BCUT2D eigenvalue weighted by molar-refractivity contribution is 0.249. The van der Waals surface area contributed by atoms with Crippen molar-refractivity contribution in [3.05, 3.63) is 35.2 Å². The number of halogens is 1. The highest BCUT2D eigenvalue weighted by atomic mass is 35.5. The van der Waals surface area contributed by atoms with E-state index in [2.05, 4.69) is 30.2 Å². The molecule has 1 unspecified atom stereocenters. The van der Waals surface area contributed by atoms with E-state index in [4.69, 9.17) is 16.1 Å². The summed E-state index contributed by atoms with van der Waals surface area (Å²) >= 11 is 6.03. The smallest absolute Gasteiger partial charge is 0.228 e. The highest BCUT2D eigenvalue weighted by Crippen LogP contribution is 2.21. The molecule has 150 valence electrons. The number of aromatic nitrogens is 2. The number of rotatable bonds is 5. The predicted octanol–water partition coefficient (Wildman–Crippen LogP) is 2.68. The molecule has 0 saturated carbocycles. The van der Waals surface area contributed by atoms with Crippen molar-refractivity contribution in [2.45, 2.75) is 31.7 Å². The van der Waals surface area contributed by atoms with Gasteiger partial charge in [-0.05, 0) is 44.5 Å². The Balaban J connectivity index is 1.27. The van der Waals surface area contributed by atoms with Gasteiger partial charge in [0.05, 0.1) is 0 Å². The third-order valence-electron chi connectivity index (χ3n) is 5.50. The van der Waals surface area contributed by atoms with E-state index in [-0.39, 0.29) is 0 Å². The second kappa shape index (κ2) is 8.92. The first-order valence-electron chi connectivity index (χ1n) is 10.0. The second-order valence-corrected chi connectivity index (χ2v) is 7.81. The fourth-order valence-corrected chi connectivity index (χ4v) is 4.24. The molecule has 2 aliphatic heterocycles. The molecule has 2 aliphatic rings. The summed E-state index contributed by atoms with van der Waals surface area (Å²) in [7, 11) is 1.84. The van der Waals surface area contributed by atoms with Crippen LogP contribution in [0, 0.1) is 0 Å². The minimum Gasteiger partial charge on any atom is -0.356 e. The minimum atomic E-state index is 0.565. The molecule has 28 heavy (non-hydrogen) atoms. The first kappa shape index (κ1) is 19.2. The van der Waals surface area contributed by atoms with Crippen LogP contribution < -0.4 is 5.32 Å². The predicted molar refractivity (Wildman–Crippen MR) is 111 cm³/mol. The van der Waals surface area contributed by atoms with E-state index in [0.717, 1.165) is 24.6 Å². The van der Waals surface area contributed by atoms with E-state index in [1.807, 2.05) is 31.3 Å². The zero-order valence-corrected chi connectivity index (χ0v) is 17.0. The summed E-state index contributed by atoms with van der Waals surface area (Å²) in [5.74, 6) is 2.13.